The molecule has 2 rings (SSSR count). The van der Waals surface area contributed by atoms with Crippen LogP contribution in [0.5, 0.6) is 0 Å². The molecule has 0 amide bonds. The van der Waals surface area contributed by atoms with E-state index in [0.717, 1.165) is 25.9 Å². The Morgan fingerprint density at radius 2 is 1.65 bits per heavy atom. The number of nitrogens with one attached hydrogen (secondary N) is 3. The molecule has 1 heterocycles. The molecule has 23 heavy (non-hydrogen) atoms. The van der Waals surface area contributed by atoms with E-state index >= 15 is 0 Å². The van der Waals surface area contributed by atoms with Crippen LogP contribution in [-0.4, -0.2) is 43.5 Å². The van der Waals surface area contributed by atoms with Crippen molar-refractivity contribution in [2.24, 2.45) is 5.41 Å². The van der Waals surface area contributed by atoms with Crippen molar-refractivity contribution < 1.29 is 16.8 Å². The van der Waals surface area contributed by atoms with Gasteiger partial charge in [0, 0.05) is 13.1 Å². The van der Waals surface area contributed by atoms with Gasteiger partial charge in [0.1, 0.15) is 0 Å². The molecular formula is C14H23N3O4S2. The van der Waals surface area contributed by atoms with E-state index in [1.165, 1.54) is 31.3 Å². The maximum absolute atomic E-state index is 12.4. The second kappa shape index (κ2) is 6.86. The topological polar surface area (TPSA) is 104 Å². The summed E-state index contributed by atoms with van der Waals surface area (Å²) in [6.07, 6.45) is 1.98. The summed E-state index contributed by atoms with van der Waals surface area (Å²) in [5, 5.41) is 3.27. The average molecular weight is 361 g/mol. The van der Waals surface area contributed by atoms with Crippen LogP contribution in [0.25, 0.3) is 0 Å². The van der Waals surface area contributed by atoms with Gasteiger partial charge in [-0.2, -0.15) is 0 Å². The smallest absolute Gasteiger partial charge is 0.240 e. The molecule has 0 aromatic heterocycles. The van der Waals surface area contributed by atoms with Gasteiger partial charge in [0.15, 0.2) is 0 Å². The monoisotopic (exact) mass is 361 g/mol. The Hall–Kier alpha value is -1.00. The van der Waals surface area contributed by atoms with E-state index < -0.39 is 20.0 Å². The number of hydrogen-bond acceptors (Lipinski definition) is 5. The van der Waals surface area contributed by atoms with Gasteiger partial charge in [0.2, 0.25) is 20.0 Å². The molecule has 0 spiro atoms. The maximum Gasteiger partial charge on any atom is 0.240 e. The lowest BCUT2D eigenvalue weighted by atomic mass is 9.83. The summed E-state index contributed by atoms with van der Waals surface area (Å²) in [6.45, 7) is 4.13. The Labute approximate surface area is 138 Å². The molecule has 0 saturated carbocycles. The van der Waals surface area contributed by atoms with Crippen LogP contribution in [0.2, 0.25) is 0 Å². The van der Waals surface area contributed by atoms with Crippen LogP contribution < -0.4 is 14.8 Å². The van der Waals surface area contributed by atoms with E-state index in [1.807, 2.05) is 6.92 Å². The fourth-order valence-corrected chi connectivity index (χ4v) is 4.47. The molecule has 1 aromatic rings. The highest BCUT2D eigenvalue weighted by Gasteiger charge is 2.28. The molecule has 130 valence electrons. The van der Waals surface area contributed by atoms with Crippen molar-refractivity contribution in [3.63, 3.8) is 0 Å². The van der Waals surface area contributed by atoms with Gasteiger partial charge in [-0.05, 0) is 56.1 Å². The van der Waals surface area contributed by atoms with Gasteiger partial charge in [-0.3, -0.25) is 0 Å². The normalized spacial score (nSPS) is 22.9. The van der Waals surface area contributed by atoms with E-state index in [1.54, 1.807) is 0 Å². The number of rotatable bonds is 6. The summed E-state index contributed by atoms with van der Waals surface area (Å²) in [6, 6.07) is 5.16. The number of sulfonamides is 2. The average Bonchev–Trinajstić information content (AvgIpc) is 2.54. The molecule has 9 heteroatoms. The number of benzene rings is 1. The van der Waals surface area contributed by atoms with Gasteiger partial charge in [-0.15, -0.1) is 0 Å². The lowest BCUT2D eigenvalue weighted by Crippen LogP contribution is -2.45. The first-order chi connectivity index (χ1) is 10.7. The van der Waals surface area contributed by atoms with E-state index in [9.17, 15) is 16.8 Å². The first-order valence-electron chi connectivity index (χ1n) is 7.43. The Balaban J connectivity index is 2.10. The highest BCUT2D eigenvalue weighted by Crippen LogP contribution is 2.25. The zero-order valence-electron chi connectivity index (χ0n) is 13.3. The zero-order valence-corrected chi connectivity index (χ0v) is 14.9. The Morgan fingerprint density at radius 3 is 2.13 bits per heavy atom. The van der Waals surface area contributed by atoms with Crippen molar-refractivity contribution in [1.82, 2.24) is 14.8 Å². The molecule has 0 bridgehead atoms. The number of hydrogen-bond donors (Lipinski definition) is 3. The molecule has 1 aliphatic heterocycles. The summed E-state index contributed by atoms with van der Waals surface area (Å²) in [5.74, 6) is 0. The molecule has 0 aliphatic carbocycles. The Morgan fingerprint density at radius 1 is 1.09 bits per heavy atom. The third-order valence-corrected chi connectivity index (χ3v) is 6.94. The van der Waals surface area contributed by atoms with Gasteiger partial charge in [-0.25, -0.2) is 26.3 Å². The van der Waals surface area contributed by atoms with Crippen molar-refractivity contribution in [2.75, 3.05) is 26.7 Å². The van der Waals surface area contributed by atoms with Crippen LogP contribution in [0.3, 0.4) is 0 Å². The summed E-state index contributed by atoms with van der Waals surface area (Å²) in [4.78, 5) is 0.0855. The Bertz CT molecular complexity index is 737. The Kier molecular flexibility index (Phi) is 5.47. The van der Waals surface area contributed by atoms with Crippen molar-refractivity contribution in [3.8, 4) is 0 Å². The van der Waals surface area contributed by atoms with Crippen molar-refractivity contribution >= 4 is 20.0 Å². The summed E-state index contributed by atoms with van der Waals surface area (Å²) in [5.41, 5.74) is -0.110. The van der Waals surface area contributed by atoms with E-state index in [2.05, 4.69) is 14.8 Å². The quantitative estimate of drug-likeness (QED) is 0.674. The third-order valence-electron chi connectivity index (χ3n) is 4.09. The van der Waals surface area contributed by atoms with Crippen LogP contribution in [0.15, 0.2) is 34.1 Å². The van der Waals surface area contributed by atoms with Crippen molar-refractivity contribution in [1.29, 1.82) is 0 Å². The van der Waals surface area contributed by atoms with Crippen LogP contribution in [0.4, 0.5) is 0 Å². The second-order valence-electron chi connectivity index (χ2n) is 6.09. The minimum absolute atomic E-state index is 0.0300. The highest BCUT2D eigenvalue weighted by atomic mass is 32.2. The van der Waals surface area contributed by atoms with Gasteiger partial charge in [0.25, 0.3) is 0 Å². The molecule has 1 fully saturated rings. The lowest BCUT2D eigenvalue weighted by molar-refractivity contribution is 0.238. The van der Waals surface area contributed by atoms with Crippen LogP contribution in [-0.2, 0) is 20.0 Å². The summed E-state index contributed by atoms with van der Waals surface area (Å²) >= 11 is 0. The molecular weight excluding hydrogens is 338 g/mol. The molecule has 0 radical (unpaired) electrons. The first-order valence-corrected chi connectivity index (χ1v) is 10.4. The fourth-order valence-electron chi connectivity index (χ4n) is 2.54. The molecule has 1 atom stereocenters. The number of piperidine rings is 1. The van der Waals surface area contributed by atoms with Crippen LogP contribution >= 0.6 is 0 Å². The first kappa shape index (κ1) is 18.3. The van der Waals surface area contributed by atoms with Crippen molar-refractivity contribution in [2.45, 2.75) is 29.6 Å². The highest BCUT2D eigenvalue weighted by molar-refractivity contribution is 7.90. The van der Waals surface area contributed by atoms with E-state index in [0.29, 0.717) is 6.54 Å². The zero-order chi connectivity index (χ0) is 17.1. The fraction of sp³-hybridized carbons (Fsp3) is 0.571. The lowest BCUT2D eigenvalue weighted by Gasteiger charge is -2.34. The van der Waals surface area contributed by atoms with Gasteiger partial charge in [-0.1, -0.05) is 6.92 Å². The van der Waals surface area contributed by atoms with E-state index in [-0.39, 0.29) is 15.2 Å². The van der Waals surface area contributed by atoms with Gasteiger partial charge >= 0.3 is 0 Å². The standard InChI is InChI=1S/C14H23N3O4S2/c1-14(8-3-9-16-10-14)11-17-23(20,21)13-6-4-12(5-7-13)22(18,19)15-2/h4-7,15-17H,3,8-11H2,1-2H3. The SMILES string of the molecule is CNS(=O)(=O)c1ccc(S(=O)(=O)NCC2(C)CCCNC2)cc1. The molecule has 1 aliphatic rings. The van der Waals surface area contributed by atoms with Crippen molar-refractivity contribution in [3.05, 3.63) is 24.3 Å². The van der Waals surface area contributed by atoms with E-state index in [4.69, 9.17) is 0 Å². The largest absolute Gasteiger partial charge is 0.316 e. The third kappa shape index (κ3) is 4.51. The molecule has 1 aromatic carbocycles. The van der Waals surface area contributed by atoms with Crippen LogP contribution in [0.1, 0.15) is 19.8 Å². The minimum atomic E-state index is -3.66. The molecule has 7 nitrogen and oxygen atoms in total. The summed E-state index contributed by atoms with van der Waals surface area (Å²) < 4.78 is 52.8. The second-order valence-corrected chi connectivity index (χ2v) is 9.75. The predicted octanol–water partition coefficient (Wildman–Crippen LogP) is 0.263. The molecule has 3 N–H and O–H groups in total. The van der Waals surface area contributed by atoms with Crippen LogP contribution in [0, 0.1) is 5.41 Å². The molecule has 1 saturated heterocycles. The summed E-state index contributed by atoms with van der Waals surface area (Å²) in [7, 11) is -5.93. The predicted molar refractivity (Wildman–Crippen MR) is 88.1 cm³/mol. The van der Waals surface area contributed by atoms with Gasteiger partial charge < -0.3 is 5.32 Å². The maximum atomic E-state index is 12.4. The molecule has 1 unspecified atom stereocenters. The van der Waals surface area contributed by atoms with Gasteiger partial charge in [0.05, 0.1) is 9.79 Å². The minimum Gasteiger partial charge on any atom is -0.316 e.